The normalized spacial score (nSPS) is 14.4. The second-order valence-electron chi connectivity index (χ2n) is 12.6. The molecule has 22 nitrogen and oxygen atoms in total. The number of phenols is 1. The summed E-state index contributed by atoms with van der Waals surface area (Å²) in [6, 6.07) is 7.33. The summed E-state index contributed by atoms with van der Waals surface area (Å²) >= 11 is 0. The Morgan fingerprint density at radius 1 is 0.877 bits per heavy atom. The lowest BCUT2D eigenvalue weighted by molar-refractivity contribution is -0.384. The smallest absolute Gasteiger partial charge is 0.300 e. The Morgan fingerprint density at radius 3 is 1.95 bits per heavy atom. The standard InChI is InChI=1S/C31H42N10O8.2C2H4O2/c32-22(15-18-7-11-21(42)12-8-18)28(45)39-23(3-1-13-36-31(34)35)29(46)37-17-26(43)38-24(16-19-5-9-20(10-6-19)41(48)49)30(47)40-14-2-4-25(40)27(33)44;2*1-2(3)4/h5-12,22-25,42H,1-4,13-17,32H2,(H2,33,44)(H,37,46)(H,38,43)(H,39,45)(H4,34,35,36);2*1H3,(H,3,4)/t22-,23+,24-,25-;;/m0../s1. The molecule has 0 spiro atoms. The summed E-state index contributed by atoms with van der Waals surface area (Å²) in [7, 11) is 0. The van der Waals surface area contributed by atoms with Gasteiger partial charge in [0.1, 0.15) is 23.9 Å². The molecule has 3 rings (SSSR count). The number of primary amides is 1. The van der Waals surface area contributed by atoms with Crippen molar-refractivity contribution in [3.05, 3.63) is 69.8 Å². The van der Waals surface area contributed by atoms with Gasteiger partial charge in [0.25, 0.3) is 17.6 Å². The zero-order chi connectivity index (χ0) is 43.2. The van der Waals surface area contributed by atoms with Gasteiger partial charge in [-0.2, -0.15) is 0 Å². The van der Waals surface area contributed by atoms with Gasteiger partial charge in [0.15, 0.2) is 5.96 Å². The number of carboxylic acid groups (broad SMARTS) is 2. The van der Waals surface area contributed by atoms with Crippen LogP contribution in [0.1, 0.15) is 50.7 Å². The highest BCUT2D eigenvalue weighted by Gasteiger charge is 2.37. The number of carboxylic acids is 2. The van der Waals surface area contributed by atoms with Gasteiger partial charge in [0.05, 0.1) is 17.5 Å². The third-order valence-electron chi connectivity index (χ3n) is 7.81. The first-order valence-corrected chi connectivity index (χ1v) is 17.4. The third-order valence-corrected chi connectivity index (χ3v) is 7.81. The second kappa shape index (κ2) is 24.5. The number of benzene rings is 2. The number of amides is 5. The minimum absolute atomic E-state index is 0.0521. The first-order valence-electron chi connectivity index (χ1n) is 17.4. The summed E-state index contributed by atoms with van der Waals surface area (Å²) in [5.74, 6) is -5.12. The third kappa shape index (κ3) is 19.4. The SMILES string of the molecule is CC(=O)O.CC(=O)O.NC(=O)[C@@H]1CCCN1C(=O)[C@H](Cc1ccc([N+](=O)[O-])cc1)NC(=O)CNC(=O)[C@@H](CCCN=C(N)N)NC(=O)[C@@H](N)Cc1ccc(O)cc1. The molecule has 14 N–H and O–H groups in total. The van der Waals surface area contributed by atoms with Crippen LogP contribution in [-0.2, 0) is 46.4 Å². The van der Waals surface area contributed by atoms with Crippen molar-refractivity contribution in [2.45, 2.75) is 76.5 Å². The number of hydrogen-bond donors (Lipinski definition) is 10. The molecule has 312 valence electrons. The molecule has 2 aromatic rings. The number of non-ortho nitro benzene ring substituents is 1. The molecule has 57 heavy (non-hydrogen) atoms. The van der Waals surface area contributed by atoms with E-state index in [2.05, 4.69) is 20.9 Å². The molecule has 1 fully saturated rings. The molecule has 2 aromatic carbocycles. The lowest BCUT2D eigenvalue weighted by atomic mass is 10.0. The number of carbonyl (C=O) groups excluding carboxylic acids is 5. The lowest BCUT2D eigenvalue weighted by Gasteiger charge is -2.28. The molecule has 0 aromatic heterocycles. The number of carbonyl (C=O) groups is 7. The molecule has 1 aliphatic heterocycles. The van der Waals surface area contributed by atoms with Gasteiger partial charge in [0.2, 0.25) is 29.5 Å². The molecule has 22 heteroatoms. The van der Waals surface area contributed by atoms with Crippen LogP contribution in [0.4, 0.5) is 5.69 Å². The molecule has 0 unspecified atom stereocenters. The molecule has 5 amide bonds. The molecular weight excluding hydrogens is 752 g/mol. The molecule has 0 bridgehead atoms. The number of nitrogens with one attached hydrogen (secondary N) is 3. The molecule has 0 aliphatic carbocycles. The lowest BCUT2D eigenvalue weighted by Crippen LogP contribution is -2.56. The molecule has 4 atom stereocenters. The number of nitro groups is 1. The van der Waals surface area contributed by atoms with Gasteiger partial charge >= 0.3 is 0 Å². The van der Waals surface area contributed by atoms with E-state index in [1.54, 1.807) is 12.1 Å². The molecule has 1 saturated heterocycles. The molecule has 1 aliphatic rings. The minimum atomic E-state index is -1.20. The van der Waals surface area contributed by atoms with Crippen LogP contribution >= 0.6 is 0 Å². The molecular formula is C35H50N10O12. The monoisotopic (exact) mass is 802 g/mol. The van der Waals surface area contributed by atoms with Crippen LogP contribution in [0.15, 0.2) is 53.5 Å². The van der Waals surface area contributed by atoms with Crippen LogP contribution < -0.4 is 38.9 Å². The zero-order valence-electron chi connectivity index (χ0n) is 31.5. The van der Waals surface area contributed by atoms with Crippen LogP contribution in [0.5, 0.6) is 5.75 Å². The van der Waals surface area contributed by atoms with E-state index in [1.807, 2.05) is 0 Å². The maximum absolute atomic E-state index is 13.6. The van der Waals surface area contributed by atoms with Crippen LogP contribution in [0, 0.1) is 10.1 Å². The summed E-state index contributed by atoms with van der Waals surface area (Å²) < 4.78 is 0. The summed E-state index contributed by atoms with van der Waals surface area (Å²) in [6.07, 6.45) is 1.33. The number of likely N-dealkylation sites (tertiary alicyclic amines) is 1. The molecule has 0 radical (unpaired) electrons. The van der Waals surface area contributed by atoms with E-state index in [9.17, 15) is 39.2 Å². The second-order valence-corrected chi connectivity index (χ2v) is 12.6. The predicted octanol–water partition coefficient (Wildman–Crippen LogP) is -1.79. The Kier molecular flexibility index (Phi) is 20.7. The fourth-order valence-electron chi connectivity index (χ4n) is 5.28. The van der Waals surface area contributed by atoms with Crippen molar-refractivity contribution >= 4 is 53.1 Å². The molecule has 1 heterocycles. The van der Waals surface area contributed by atoms with Gasteiger partial charge < -0.3 is 59.1 Å². The number of nitro benzene ring substituents is 1. The largest absolute Gasteiger partial charge is 0.508 e. The van der Waals surface area contributed by atoms with Gasteiger partial charge in [-0.1, -0.05) is 24.3 Å². The van der Waals surface area contributed by atoms with Gasteiger partial charge in [-0.05, 0) is 55.4 Å². The Hall–Kier alpha value is -6.84. The number of guanidine groups is 1. The highest BCUT2D eigenvalue weighted by atomic mass is 16.6. The van der Waals surface area contributed by atoms with Gasteiger partial charge in [-0.25, -0.2) is 0 Å². The number of aliphatic imine (C=N–C) groups is 1. The van der Waals surface area contributed by atoms with Crippen molar-refractivity contribution in [1.82, 2.24) is 20.9 Å². The highest BCUT2D eigenvalue weighted by molar-refractivity contribution is 5.94. The Labute approximate surface area is 327 Å². The maximum atomic E-state index is 13.6. The summed E-state index contributed by atoms with van der Waals surface area (Å²) in [6.45, 7) is 1.99. The maximum Gasteiger partial charge on any atom is 0.300 e. The predicted molar refractivity (Wildman–Crippen MR) is 204 cm³/mol. The Balaban J connectivity index is 0.00000185. The van der Waals surface area contributed by atoms with Gasteiger partial charge in [0, 0.05) is 45.5 Å². The number of rotatable bonds is 17. The number of hydrogen-bond acceptors (Lipinski definition) is 12. The fraction of sp³-hybridized carbons (Fsp3) is 0.429. The van der Waals surface area contributed by atoms with Crippen molar-refractivity contribution in [2.24, 2.45) is 27.9 Å². The minimum Gasteiger partial charge on any atom is -0.508 e. The van der Waals surface area contributed by atoms with E-state index in [1.165, 1.54) is 41.3 Å². The van der Waals surface area contributed by atoms with E-state index < -0.39 is 77.1 Å². The topological polar surface area (TPSA) is 379 Å². The van der Waals surface area contributed by atoms with Crippen molar-refractivity contribution in [3.8, 4) is 5.75 Å². The molecule has 0 saturated carbocycles. The van der Waals surface area contributed by atoms with E-state index in [4.69, 9.17) is 42.7 Å². The van der Waals surface area contributed by atoms with Crippen molar-refractivity contribution in [1.29, 1.82) is 0 Å². The van der Waals surface area contributed by atoms with Crippen LogP contribution in [0.25, 0.3) is 0 Å². The van der Waals surface area contributed by atoms with E-state index in [0.29, 0.717) is 30.4 Å². The van der Waals surface area contributed by atoms with Crippen LogP contribution in [0.3, 0.4) is 0 Å². The number of aromatic hydroxyl groups is 1. The number of phenolic OH excluding ortho intramolecular Hbond substituents is 1. The van der Waals surface area contributed by atoms with E-state index in [-0.39, 0.29) is 49.7 Å². The van der Waals surface area contributed by atoms with E-state index >= 15 is 0 Å². The van der Waals surface area contributed by atoms with Crippen molar-refractivity contribution in [3.63, 3.8) is 0 Å². The number of aliphatic carboxylic acids is 2. The van der Waals surface area contributed by atoms with Crippen LogP contribution in [-0.4, -0.2) is 116 Å². The average molecular weight is 803 g/mol. The summed E-state index contributed by atoms with van der Waals surface area (Å²) in [5.41, 5.74) is 23.3. The number of nitrogens with two attached hydrogens (primary N) is 4. The van der Waals surface area contributed by atoms with Crippen molar-refractivity contribution < 1.29 is 53.8 Å². The van der Waals surface area contributed by atoms with Crippen LogP contribution in [0.2, 0.25) is 0 Å². The van der Waals surface area contributed by atoms with E-state index in [0.717, 1.165) is 13.8 Å². The summed E-state index contributed by atoms with van der Waals surface area (Å²) in [5, 5.41) is 43.0. The first kappa shape index (κ1) is 48.2. The first-order chi connectivity index (χ1) is 26.7. The van der Waals surface area contributed by atoms with Gasteiger partial charge in [-0.3, -0.25) is 48.7 Å². The quantitative estimate of drug-likeness (QED) is 0.0278. The summed E-state index contributed by atoms with van der Waals surface area (Å²) in [4.78, 5) is 98.4. The average Bonchev–Trinajstić information content (AvgIpc) is 3.62. The Morgan fingerprint density at radius 2 is 1.42 bits per heavy atom. The fourth-order valence-corrected chi connectivity index (χ4v) is 5.28. The zero-order valence-corrected chi connectivity index (χ0v) is 31.5. The van der Waals surface area contributed by atoms with Gasteiger partial charge in [-0.15, -0.1) is 0 Å². The van der Waals surface area contributed by atoms with Crippen molar-refractivity contribution in [2.75, 3.05) is 19.6 Å². The highest BCUT2D eigenvalue weighted by Crippen LogP contribution is 2.20. The number of nitrogens with zero attached hydrogens (tertiary/aromatic N) is 3. The Bertz CT molecular complexity index is 1710.